The number of hydrogen-bond donors (Lipinski definition) is 1. The molecule has 1 heterocycles. The molecule has 0 bridgehead atoms. The zero-order valence-electron chi connectivity index (χ0n) is 12.0. The van der Waals surface area contributed by atoms with Crippen molar-refractivity contribution in [3.05, 3.63) is 28.3 Å². The lowest BCUT2D eigenvalue weighted by Crippen LogP contribution is -2.35. The Kier molecular flexibility index (Phi) is 4.79. The average Bonchev–Trinajstić information content (AvgIpc) is 2.98. The van der Waals surface area contributed by atoms with Gasteiger partial charge in [0.2, 0.25) is 0 Å². The first-order chi connectivity index (χ1) is 9.61. The smallest absolute Gasteiger partial charge is 0.311 e. The van der Waals surface area contributed by atoms with Crippen LogP contribution in [0.15, 0.2) is 18.2 Å². The van der Waals surface area contributed by atoms with E-state index < -0.39 is 4.92 Å². The molecule has 110 valence electrons. The Morgan fingerprint density at radius 2 is 2.15 bits per heavy atom. The molecule has 2 rings (SSSR count). The van der Waals surface area contributed by atoms with Crippen molar-refractivity contribution in [1.82, 2.24) is 4.90 Å². The number of nitrogens with zero attached hydrogens (tertiary/aromatic N) is 2. The van der Waals surface area contributed by atoms with Gasteiger partial charge in [-0.3, -0.25) is 15.0 Å². The molecule has 6 nitrogen and oxygen atoms in total. The van der Waals surface area contributed by atoms with E-state index in [1.54, 1.807) is 12.1 Å². The highest BCUT2D eigenvalue weighted by Crippen LogP contribution is 2.29. The third kappa shape index (κ3) is 3.39. The second kappa shape index (κ2) is 6.56. The molecule has 0 amide bonds. The van der Waals surface area contributed by atoms with E-state index in [0.29, 0.717) is 6.04 Å². The number of hydrogen-bond acceptors (Lipinski definition) is 5. The highest BCUT2D eigenvalue weighted by Gasteiger charge is 2.18. The number of nitrogens with one attached hydrogen (secondary N) is 1. The van der Waals surface area contributed by atoms with Gasteiger partial charge in [0.1, 0.15) is 0 Å². The number of methoxy groups -OCH3 is 1. The lowest BCUT2D eigenvalue weighted by atomic mass is 10.2. The summed E-state index contributed by atoms with van der Waals surface area (Å²) >= 11 is 0. The first-order valence-corrected chi connectivity index (χ1v) is 6.92. The molecule has 1 aliphatic heterocycles. The van der Waals surface area contributed by atoms with Crippen LogP contribution >= 0.6 is 0 Å². The lowest BCUT2D eigenvalue weighted by Gasteiger charge is -2.24. The van der Waals surface area contributed by atoms with Crippen molar-refractivity contribution in [3.63, 3.8) is 0 Å². The minimum atomic E-state index is -0.435. The number of benzene rings is 1. The average molecular weight is 279 g/mol. The summed E-state index contributed by atoms with van der Waals surface area (Å²) in [5.41, 5.74) is 0.837. The van der Waals surface area contributed by atoms with Crippen LogP contribution < -0.4 is 10.1 Å². The van der Waals surface area contributed by atoms with E-state index in [4.69, 9.17) is 4.74 Å². The van der Waals surface area contributed by atoms with Crippen molar-refractivity contribution in [1.29, 1.82) is 0 Å². The minimum absolute atomic E-state index is 0.00867. The summed E-state index contributed by atoms with van der Waals surface area (Å²) in [6.45, 7) is 5.33. The third-order valence-electron chi connectivity index (χ3n) is 3.74. The number of nitro benzene ring substituents is 1. The number of likely N-dealkylation sites (tertiary alicyclic amines) is 1. The summed E-state index contributed by atoms with van der Waals surface area (Å²) in [5.74, 6) is 0.286. The van der Waals surface area contributed by atoms with Crippen LogP contribution in [0.25, 0.3) is 0 Å². The Bertz CT molecular complexity index is 473. The van der Waals surface area contributed by atoms with Gasteiger partial charge in [0.25, 0.3) is 0 Å². The van der Waals surface area contributed by atoms with Gasteiger partial charge >= 0.3 is 5.69 Å². The van der Waals surface area contributed by atoms with Crippen LogP contribution in [0, 0.1) is 10.1 Å². The Balaban J connectivity index is 1.97. The highest BCUT2D eigenvalue weighted by atomic mass is 16.6. The van der Waals surface area contributed by atoms with Crippen molar-refractivity contribution in [2.45, 2.75) is 25.8 Å². The van der Waals surface area contributed by atoms with Gasteiger partial charge in [-0.2, -0.15) is 0 Å². The molecule has 20 heavy (non-hydrogen) atoms. The molecule has 1 atom stereocenters. The molecule has 0 saturated carbocycles. The van der Waals surface area contributed by atoms with Gasteiger partial charge in [-0.1, -0.05) is 0 Å². The molecule has 0 aliphatic carbocycles. The highest BCUT2D eigenvalue weighted by molar-refractivity contribution is 5.58. The first-order valence-electron chi connectivity index (χ1n) is 6.92. The number of nitro groups is 1. The zero-order chi connectivity index (χ0) is 14.5. The molecule has 1 aromatic carbocycles. The first kappa shape index (κ1) is 14.6. The van der Waals surface area contributed by atoms with Crippen LogP contribution in [0.3, 0.4) is 0 Å². The van der Waals surface area contributed by atoms with Crippen molar-refractivity contribution in [2.24, 2.45) is 0 Å². The fraction of sp³-hybridized carbons (Fsp3) is 0.571. The molecule has 1 aliphatic rings. The molecule has 0 aromatic heterocycles. The zero-order valence-corrected chi connectivity index (χ0v) is 12.0. The monoisotopic (exact) mass is 279 g/mol. The van der Waals surface area contributed by atoms with Crippen LogP contribution in [-0.4, -0.2) is 42.6 Å². The third-order valence-corrected chi connectivity index (χ3v) is 3.74. The molecule has 1 saturated heterocycles. The Morgan fingerprint density at radius 1 is 1.45 bits per heavy atom. The van der Waals surface area contributed by atoms with Crippen LogP contribution in [0.2, 0.25) is 0 Å². The van der Waals surface area contributed by atoms with Gasteiger partial charge < -0.3 is 10.1 Å². The van der Waals surface area contributed by atoms with E-state index in [-0.39, 0.29) is 11.4 Å². The molecule has 6 heteroatoms. The summed E-state index contributed by atoms with van der Waals surface area (Å²) in [4.78, 5) is 12.8. The fourth-order valence-electron chi connectivity index (χ4n) is 2.52. The summed E-state index contributed by atoms with van der Waals surface area (Å²) in [6, 6.07) is 5.33. The van der Waals surface area contributed by atoms with Crippen molar-refractivity contribution in [2.75, 3.05) is 32.1 Å². The Labute approximate surface area is 118 Å². The van der Waals surface area contributed by atoms with Gasteiger partial charge in [-0.15, -0.1) is 0 Å². The van der Waals surface area contributed by atoms with E-state index in [1.165, 1.54) is 26.0 Å². The molecular weight excluding hydrogens is 258 g/mol. The number of anilines is 1. The molecule has 0 spiro atoms. The summed E-state index contributed by atoms with van der Waals surface area (Å²) in [6.07, 6.45) is 2.55. The molecule has 0 radical (unpaired) electrons. The van der Waals surface area contributed by atoms with E-state index in [0.717, 1.165) is 25.3 Å². The molecule has 1 unspecified atom stereocenters. The van der Waals surface area contributed by atoms with Crippen molar-refractivity contribution < 1.29 is 9.66 Å². The van der Waals surface area contributed by atoms with E-state index in [9.17, 15) is 10.1 Å². The van der Waals surface area contributed by atoms with Gasteiger partial charge in [0, 0.05) is 30.4 Å². The topological polar surface area (TPSA) is 67.6 Å². The normalized spacial score (nSPS) is 16.9. The molecule has 1 aromatic rings. The predicted molar refractivity (Wildman–Crippen MR) is 78.4 cm³/mol. The van der Waals surface area contributed by atoms with Crippen LogP contribution in [0.1, 0.15) is 19.8 Å². The van der Waals surface area contributed by atoms with Crippen LogP contribution in [-0.2, 0) is 0 Å². The summed E-state index contributed by atoms with van der Waals surface area (Å²) in [5, 5.41) is 14.1. The maximum Gasteiger partial charge on any atom is 0.311 e. The standard InChI is InChI=1S/C14H21N3O3/c1-11(16-7-3-4-8-16)10-15-12-5-6-13(17(18)19)14(9-12)20-2/h5-6,9,11,15H,3-4,7-8,10H2,1-2H3. The Hall–Kier alpha value is -1.82. The van der Waals surface area contributed by atoms with Gasteiger partial charge in [-0.25, -0.2) is 0 Å². The summed E-state index contributed by atoms with van der Waals surface area (Å²) < 4.78 is 5.06. The van der Waals surface area contributed by atoms with Crippen molar-refractivity contribution in [3.8, 4) is 5.75 Å². The van der Waals surface area contributed by atoms with Gasteiger partial charge in [0.15, 0.2) is 5.75 Å². The molecule has 1 N–H and O–H groups in total. The number of ether oxygens (including phenoxy) is 1. The SMILES string of the molecule is COc1cc(NCC(C)N2CCCC2)ccc1[N+](=O)[O-]. The van der Waals surface area contributed by atoms with E-state index in [1.807, 2.05) is 0 Å². The molecular formula is C14H21N3O3. The largest absolute Gasteiger partial charge is 0.490 e. The lowest BCUT2D eigenvalue weighted by molar-refractivity contribution is -0.385. The predicted octanol–water partition coefficient (Wildman–Crippen LogP) is 2.50. The molecule has 1 fully saturated rings. The van der Waals surface area contributed by atoms with Gasteiger partial charge in [-0.05, 0) is 38.9 Å². The van der Waals surface area contributed by atoms with Gasteiger partial charge in [0.05, 0.1) is 12.0 Å². The fourth-order valence-corrected chi connectivity index (χ4v) is 2.52. The van der Waals surface area contributed by atoms with Crippen molar-refractivity contribution >= 4 is 11.4 Å². The second-order valence-electron chi connectivity index (χ2n) is 5.12. The van der Waals surface area contributed by atoms with Crippen LogP contribution in [0.5, 0.6) is 5.75 Å². The maximum absolute atomic E-state index is 10.8. The summed E-state index contributed by atoms with van der Waals surface area (Å²) in [7, 11) is 1.44. The maximum atomic E-state index is 10.8. The number of rotatable bonds is 6. The quantitative estimate of drug-likeness (QED) is 0.640. The van der Waals surface area contributed by atoms with E-state index in [2.05, 4.69) is 17.1 Å². The second-order valence-corrected chi connectivity index (χ2v) is 5.12. The van der Waals surface area contributed by atoms with Crippen LogP contribution in [0.4, 0.5) is 11.4 Å². The minimum Gasteiger partial charge on any atom is -0.490 e. The Morgan fingerprint density at radius 3 is 2.75 bits per heavy atom. The van der Waals surface area contributed by atoms with E-state index >= 15 is 0 Å².